The van der Waals surface area contributed by atoms with Crippen molar-refractivity contribution in [3.05, 3.63) is 47.3 Å². The summed E-state index contributed by atoms with van der Waals surface area (Å²) in [7, 11) is 0. The van der Waals surface area contributed by atoms with Crippen LogP contribution in [0.3, 0.4) is 0 Å². The van der Waals surface area contributed by atoms with Gasteiger partial charge in [-0.25, -0.2) is 19.2 Å². The summed E-state index contributed by atoms with van der Waals surface area (Å²) in [5.74, 6) is -3.88. The lowest BCUT2D eigenvalue weighted by Gasteiger charge is -2.11. The standard InChI is InChI=1S/C20H18O10S2/c1-3-13(23)27-7-9-29-18(25)15(19(26)30-10-8-28-14(24)4-2)20-31-16-11(21)5-6-12(22)17(16)32-20/h3-6,21-22H,1-2,7-10H2. The van der Waals surface area contributed by atoms with Gasteiger partial charge in [-0.15, -0.1) is 0 Å². The summed E-state index contributed by atoms with van der Waals surface area (Å²) >= 11 is 1.74. The fourth-order valence-corrected chi connectivity index (χ4v) is 4.68. The second-order valence-electron chi connectivity index (χ2n) is 5.64. The van der Waals surface area contributed by atoms with Crippen LogP contribution in [0.4, 0.5) is 0 Å². The lowest BCUT2D eigenvalue weighted by molar-refractivity contribution is -0.152. The summed E-state index contributed by atoms with van der Waals surface area (Å²) in [5.41, 5.74) is -0.500. The zero-order chi connectivity index (χ0) is 23.7. The molecule has 0 atom stereocenters. The van der Waals surface area contributed by atoms with Gasteiger partial charge in [0.15, 0.2) is 5.57 Å². The number of benzene rings is 1. The molecule has 1 aromatic rings. The first kappa shape index (κ1) is 24.9. The van der Waals surface area contributed by atoms with Crippen molar-refractivity contribution >= 4 is 47.4 Å². The SMILES string of the molecule is C=CC(=O)OCCOC(=O)C(C(=O)OCCOC(=O)C=C)=C1Sc2c(O)ccc(O)c2S1. The molecule has 0 spiro atoms. The number of ether oxygens (including phenoxy) is 4. The Kier molecular flexibility index (Phi) is 9.22. The smallest absolute Gasteiger partial charge is 0.347 e. The van der Waals surface area contributed by atoms with Crippen LogP contribution < -0.4 is 0 Å². The van der Waals surface area contributed by atoms with Crippen LogP contribution in [-0.4, -0.2) is 60.5 Å². The molecule has 1 aliphatic rings. The van der Waals surface area contributed by atoms with Crippen molar-refractivity contribution in [2.24, 2.45) is 0 Å². The minimum atomic E-state index is -1.07. The van der Waals surface area contributed by atoms with Gasteiger partial charge in [0.25, 0.3) is 0 Å². The van der Waals surface area contributed by atoms with Crippen molar-refractivity contribution in [3.63, 3.8) is 0 Å². The Morgan fingerprint density at radius 3 is 1.50 bits per heavy atom. The van der Waals surface area contributed by atoms with Gasteiger partial charge >= 0.3 is 23.9 Å². The highest BCUT2D eigenvalue weighted by Gasteiger charge is 2.34. The third-order valence-electron chi connectivity index (χ3n) is 3.53. The van der Waals surface area contributed by atoms with Crippen molar-refractivity contribution in [3.8, 4) is 11.5 Å². The molecular weight excluding hydrogens is 464 g/mol. The van der Waals surface area contributed by atoms with E-state index in [1.165, 1.54) is 12.1 Å². The molecule has 0 fully saturated rings. The molecular formula is C20H18O10S2. The topological polar surface area (TPSA) is 146 Å². The Balaban J connectivity index is 2.17. The van der Waals surface area contributed by atoms with Gasteiger partial charge in [0, 0.05) is 12.2 Å². The molecule has 0 aliphatic carbocycles. The summed E-state index contributed by atoms with van der Waals surface area (Å²) < 4.78 is 19.5. The molecule has 2 N–H and O–H groups in total. The minimum Gasteiger partial charge on any atom is -0.507 e. The summed E-state index contributed by atoms with van der Waals surface area (Å²) in [6.45, 7) is 5.22. The molecule has 0 saturated heterocycles. The summed E-state index contributed by atoms with van der Waals surface area (Å²) in [5, 5.41) is 20.0. The molecule has 1 aromatic carbocycles. The number of carbonyl (C=O) groups is 4. The number of phenolic OH excluding ortho intramolecular Hbond substituents is 2. The van der Waals surface area contributed by atoms with E-state index >= 15 is 0 Å². The van der Waals surface area contributed by atoms with E-state index in [1.807, 2.05) is 0 Å². The number of aromatic hydroxyl groups is 2. The molecule has 0 amide bonds. The van der Waals surface area contributed by atoms with Crippen LogP contribution in [0.25, 0.3) is 0 Å². The van der Waals surface area contributed by atoms with Crippen LogP contribution in [0.1, 0.15) is 0 Å². The largest absolute Gasteiger partial charge is 0.507 e. The number of hydrogen-bond donors (Lipinski definition) is 2. The molecule has 2 rings (SSSR count). The van der Waals surface area contributed by atoms with Crippen molar-refractivity contribution in [1.29, 1.82) is 0 Å². The lowest BCUT2D eigenvalue weighted by Crippen LogP contribution is -2.22. The summed E-state index contributed by atoms with van der Waals surface area (Å²) in [6.07, 6.45) is 1.88. The van der Waals surface area contributed by atoms with Crippen LogP contribution in [0, 0.1) is 0 Å². The molecule has 10 nitrogen and oxygen atoms in total. The maximum atomic E-state index is 12.6. The second-order valence-corrected chi connectivity index (χ2v) is 7.94. The Hall–Kier alpha value is -3.38. The first-order valence-electron chi connectivity index (χ1n) is 8.86. The number of carbonyl (C=O) groups excluding carboxylic acids is 4. The highest BCUT2D eigenvalue weighted by molar-refractivity contribution is 8.25. The monoisotopic (exact) mass is 482 g/mol. The number of fused-ring (bicyclic) bond motifs is 1. The Morgan fingerprint density at radius 2 is 1.12 bits per heavy atom. The molecule has 170 valence electrons. The fourth-order valence-electron chi connectivity index (χ4n) is 2.11. The van der Waals surface area contributed by atoms with Crippen LogP contribution in [0.2, 0.25) is 0 Å². The molecule has 1 aliphatic heterocycles. The van der Waals surface area contributed by atoms with E-state index in [-0.39, 0.29) is 52.0 Å². The molecule has 0 aromatic heterocycles. The van der Waals surface area contributed by atoms with Gasteiger partial charge in [-0.2, -0.15) is 0 Å². The van der Waals surface area contributed by atoms with Gasteiger partial charge in [-0.05, 0) is 12.1 Å². The van der Waals surface area contributed by atoms with E-state index in [4.69, 9.17) is 18.9 Å². The van der Waals surface area contributed by atoms with Crippen molar-refractivity contribution in [2.75, 3.05) is 26.4 Å². The number of thioether (sulfide) groups is 2. The average molecular weight is 482 g/mol. The predicted molar refractivity (Wildman–Crippen MR) is 113 cm³/mol. The zero-order valence-electron chi connectivity index (χ0n) is 16.5. The number of esters is 4. The van der Waals surface area contributed by atoms with Gasteiger partial charge in [0.05, 0.1) is 14.0 Å². The van der Waals surface area contributed by atoms with E-state index < -0.39 is 29.5 Å². The van der Waals surface area contributed by atoms with Gasteiger partial charge < -0.3 is 29.2 Å². The van der Waals surface area contributed by atoms with E-state index in [0.29, 0.717) is 0 Å². The summed E-state index contributed by atoms with van der Waals surface area (Å²) in [4.78, 5) is 47.8. The third kappa shape index (κ3) is 6.56. The molecule has 12 heteroatoms. The van der Waals surface area contributed by atoms with Gasteiger partial charge in [0.2, 0.25) is 0 Å². The van der Waals surface area contributed by atoms with Gasteiger partial charge in [-0.3, -0.25) is 0 Å². The summed E-state index contributed by atoms with van der Waals surface area (Å²) in [6, 6.07) is 2.53. The molecule has 0 bridgehead atoms. The van der Waals surface area contributed by atoms with Crippen molar-refractivity contribution in [2.45, 2.75) is 9.79 Å². The minimum absolute atomic E-state index is 0.0953. The van der Waals surface area contributed by atoms with E-state index in [9.17, 15) is 29.4 Å². The maximum absolute atomic E-state index is 12.6. The normalized spacial score (nSPS) is 11.7. The molecule has 0 saturated carbocycles. The van der Waals surface area contributed by atoms with Crippen molar-refractivity contribution < 1.29 is 48.3 Å². The Labute approximate surface area is 190 Å². The Bertz CT molecular complexity index is 908. The molecule has 0 radical (unpaired) electrons. The van der Waals surface area contributed by atoms with E-state index in [1.54, 1.807) is 0 Å². The molecule has 32 heavy (non-hydrogen) atoms. The van der Waals surface area contributed by atoms with Crippen LogP contribution in [-0.2, 0) is 38.1 Å². The first-order valence-corrected chi connectivity index (χ1v) is 10.5. The predicted octanol–water partition coefficient (Wildman–Crippen LogP) is 2.05. The molecule has 0 unspecified atom stereocenters. The average Bonchev–Trinajstić information content (AvgIpc) is 3.22. The second kappa shape index (κ2) is 11.9. The van der Waals surface area contributed by atoms with Gasteiger partial charge in [0.1, 0.15) is 37.9 Å². The van der Waals surface area contributed by atoms with Crippen molar-refractivity contribution in [1.82, 2.24) is 0 Å². The highest BCUT2D eigenvalue weighted by atomic mass is 32.2. The van der Waals surface area contributed by atoms with Crippen LogP contribution >= 0.6 is 23.5 Å². The van der Waals surface area contributed by atoms with Crippen LogP contribution in [0.5, 0.6) is 11.5 Å². The van der Waals surface area contributed by atoms with Crippen LogP contribution in [0.15, 0.2) is 57.0 Å². The first-order chi connectivity index (χ1) is 15.3. The van der Waals surface area contributed by atoms with E-state index in [2.05, 4.69) is 13.2 Å². The fraction of sp³-hybridized carbons (Fsp3) is 0.200. The number of hydrogen-bond acceptors (Lipinski definition) is 12. The molecule has 1 heterocycles. The third-order valence-corrected chi connectivity index (χ3v) is 6.17. The maximum Gasteiger partial charge on any atom is 0.347 e. The lowest BCUT2D eigenvalue weighted by atomic mass is 10.3. The zero-order valence-corrected chi connectivity index (χ0v) is 18.2. The Morgan fingerprint density at radius 1 is 0.750 bits per heavy atom. The number of rotatable bonds is 10. The van der Waals surface area contributed by atoms with E-state index in [0.717, 1.165) is 35.7 Å². The highest BCUT2D eigenvalue weighted by Crippen LogP contribution is 2.58. The quantitative estimate of drug-likeness (QED) is 0.0957. The number of phenols is 2. The van der Waals surface area contributed by atoms with Gasteiger partial charge in [-0.1, -0.05) is 36.7 Å².